The predicted molar refractivity (Wildman–Crippen MR) is 147 cm³/mol. The van der Waals surface area contributed by atoms with Crippen LogP contribution in [0.2, 0.25) is 0 Å². The van der Waals surface area contributed by atoms with Gasteiger partial charge in [-0.05, 0) is 43.0 Å². The summed E-state index contributed by atoms with van der Waals surface area (Å²) in [4.78, 5) is 29.0. The van der Waals surface area contributed by atoms with Crippen LogP contribution in [0.5, 0.6) is 11.5 Å². The molecule has 2 aliphatic carbocycles. The van der Waals surface area contributed by atoms with Crippen molar-refractivity contribution in [2.75, 3.05) is 20.3 Å². The molecule has 4 unspecified atom stereocenters. The van der Waals surface area contributed by atoms with E-state index >= 15 is 0 Å². The predicted octanol–water partition coefficient (Wildman–Crippen LogP) is 2.94. The van der Waals surface area contributed by atoms with E-state index < -0.39 is 24.2 Å². The minimum Gasteiger partial charge on any atom is -0.493 e. The lowest BCUT2D eigenvalue weighted by atomic mass is 9.77. The van der Waals surface area contributed by atoms with E-state index in [1.807, 2.05) is 4.90 Å². The van der Waals surface area contributed by atoms with Crippen molar-refractivity contribution in [1.29, 1.82) is 0 Å². The quantitative estimate of drug-likeness (QED) is 0.281. The Morgan fingerprint density at radius 1 is 1.13 bits per heavy atom. The van der Waals surface area contributed by atoms with E-state index in [4.69, 9.17) is 9.47 Å². The van der Waals surface area contributed by atoms with Crippen molar-refractivity contribution < 1.29 is 34.4 Å². The second-order valence-electron chi connectivity index (χ2n) is 10.9. The average molecular weight is 545 g/mol. The number of hydrogen-bond donors (Lipinski definition) is 4. The largest absolute Gasteiger partial charge is 0.493 e. The van der Waals surface area contributed by atoms with E-state index in [-0.39, 0.29) is 37.6 Å². The molecule has 2 amide bonds. The molecule has 4 rings (SSSR count). The summed E-state index contributed by atoms with van der Waals surface area (Å²) < 4.78 is 11.8. The molecular weight excluding hydrogens is 500 g/mol. The molecule has 39 heavy (non-hydrogen) atoms. The fourth-order valence-electron chi connectivity index (χ4n) is 6.39. The SMILES string of the molecule is CCCCCCCC(=O)N(C1CCCC1)C1C=C(C(=O)NCCO)C2c3cc(CO)cc(OC)c3OC2C1O. The highest BCUT2D eigenvalue weighted by molar-refractivity contribution is 5.96. The third kappa shape index (κ3) is 6.26. The Kier molecular flexibility index (Phi) is 10.3. The first-order valence-electron chi connectivity index (χ1n) is 14.5. The topological polar surface area (TPSA) is 129 Å². The van der Waals surface area contributed by atoms with E-state index in [1.165, 1.54) is 7.11 Å². The number of aliphatic hydroxyl groups is 3. The van der Waals surface area contributed by atoms with Crippen LogP contribution in [0.3, 0.4) is 0 Å². The van der Waals surface area contributed by atoms with Crippen LogP contribution < -0.4 is 14.8 Å². The van der Waals surface area contributed by atoms with Crippen molar-refractivity contribution in [2.24, 2.45) is 0 Å². The number of rotatable bonds is 13. The van der Waals surface area contributed by atoms with Gasteiger partial charge in [-0.3, -0.25) is 9.59 Å². The number of nitrogens with zero attached hydrogens (tertiary/aromatic N) is 1. The van der Waals surface area contributed by atoms with Crippen molar-refractivity contribution in [3.63, 3.8) is 0 Å². The summed E-state index contributed by atoms with van der Waals surface area (Å²) in [5.41, 5.74) is 1.65. The summed E-state index contributed by atoms with van der Waals surface area (Å²) in [5, 5.41) is 33.7. The summed E-state index contributed by atoms with van der Waals surface area (Å²) >= 11 is 0. The van der Waals surface area contributed by atoms with Gasteiger partial charge in [0.1, 0.15) is 12.2 Å². The molecule has 216 valence electrons. The maximum absolute atomic E-state index is 13.7. The van der Waals surface area contributed by atoms with Gasteiger partial charge >= 0.3 is 0 Å². The van der Waals surface area contributed by atoms with Gasteiger partial charge in [-0.2, -0.15) is 0 Å². The maximum atomic E-state index is 13.7. The molecular formula is C30H44N2O7. The van der Waals surface area contributed by atoms with Gasteiger partial charge in [0.25, 0.3) is 0 Å². The number of methoxy groups -OCH3 is 1. The normalized spacial score (nSPS) is 24.0. The van der Waals surface area contributed by atoms with E-state index in [0.29, 0.717) is 34.6 Å². The number of unbranched alkanes of at least 4 members (excludes halogenated alkanes) is 4. The summed E-state index contributed by atoms with van der Waals surface area (Å²) in [6, 6.07) is 2.74. The standard InChI is InChI=1S/C30H44N2O7/c1-3-4-5-6-7-12-25(35)32(20-10-8-9-11-20)23-17-22(30(37)31-13-14-33)26-21-15-19(18-34)16-24(38-2)28(21)39-29(26)27(23)36/h15-17,20,23,26-27,29,33-34,36H,3-14,18H2,1-2H3,(H,31,37). The Hall–Kier alpha value is -2.62. The van der Waals surface area contributed by atoms with Gasteiger partial charge in [0.05, 0.1) is 32.3 Å². The molecule has 1 aromatic rings. The van der Waals surface area contributed by atoms with Crippen LogP contribution in [0.1, 0.15) is 88.2 Å². The molecule has 0 spiro atoms. The summed E-state index contributed by atoms with van der Waals surface area (Å²) in [6.45, 7) is 1.82. The van der Waals surface area contributed by atoms with Gasteiger partial charge < -0.3 is 35.0 Å². The summed E-state index contributed by atoms with van der Waals surface area (Å²) in [6.07, 6.45) is 9.24. The molecule has 1 heterocycles. The fraction of sp³-hybridized carbons (Fsp3) is 0.667. The van der Waals surface area contributed by atoms with Crippen LogP contribution >= 0.6 is 0 Å². The zero-order valence-corrected chi connectivity index (χ0v) is 23.2. The smallest absolute Gasteiger partial charge is 0.247 e. The van der Waals surface area contributed by atoms with Crippen LogP contribution in [0.4, 0.5) is 0 Å². The number of carbonyl (C=O) groups excluding carboxylic acids is 2. The molecule has 3 aliphatic rings. The Balaban J connectivity index is 1.71. The van der Waals surface area contributed by atoms with Crippen molar-refractivity contribution in [3.8, 4) is 11.5 Å². The highest BCUT2D eigenvalue weighted by Gasteiger charge is 2.52. The van der Waals surface area contributed by atoms with Gasteiger partial charge in [-0.1, -0.05) is 45.4 Å². The molecule has 9 nitrogen and oxygen atoms in total. The molecule has 0 aromatic heterocycles. The van der Waals surface area contributed by atoms with Crippen LogP contribution in [0.25, 0.3) is 0 Å². The highest BCUT2D eigenvalue weighted by Crippen LogP contribution is 2.51. The molecule has 0 radical (unpaired) electrons. The van der Waals surface area contributed by atoms with Gasteiger partial charge in [0.15, 0.2) is 11.5 Å². The lowest BCUT2D eigenvalue weighted by Gasteiger charge is -2.43. The van der Waals surface area contributed by atoms with E-state index in [1.54, 1.807) is 18.2 Å². The van der Waals surface area contributed by atoms with Gasteiger partial charge in [0.2, 0.25) is 11.8 Å². The van der Waals surface area contributed by atoms with Gasteiger partial charge in [-0.15, -0.1) is 0 Å². The third-order valence-corrected chi connectivity index (χ3v) is 8.32. The summed E-state index contributed by atoms with van der Waals surface area (Å²) in [5.74, 6) is -0.137. The Morgan fingerprint density at radius 3 is 2.54 bits per heavy atom. The second-order valence-corrected chi connectivity index (χ2v) is 10.9. The van der Waals surface area contributed by atoms with Gasteiger partial charge in [-0.25, -0.2) is 0 Å². The molecule has 1 aliphatic heterocycles. The lowest BCUT2D eigenvalue weighted by molar-refractivity contribution is -0.140. The highest BCUT2D eigenvalue weighted by atomic mass is 16.5. The Morgan fingerprint density at radius 2 is 1.87 bits per heavy atom. The fourth-order valence-corrected chi connectivity index (χ4v) is 6.39. The molecule has 4 atom stereocenters. The minimum atomic E-state index is -1.07. The minimum absolute atomic E-state index is 0.00153. The summed E-state index contributed by atoms with van der Waals surface area (Å²) in [7, 11) is 1.51. The molecule has 9 heteroatoms. The van der Waals surface area contributed by atoms with Crippen LogP contribution in [-0.4, -0.2) is 76.6 Å². The average Bonchev–Trinajstić information content (AvgIpc) is 3.61. The number of aliphatic hydroxyl groups excluding tert-OH is 3. The number of benzene rings is 1. The first-order valence-corrected chi connectivity index (χ1v) is 14.5. The monoisotopic (exact) mass is 544 g/mol. The van der Waals surface area contributed by atoms with Gasteiger partial charge in [0, 0.05) is 30.1 Å². The molecule has 1 aromatic carbocycles. The van der Waals surface area contributed by atoms with E-state index in [9.17, 15) is 24.9 Å². The molecule has 1 saturated carbocycles. The zero-order valence-electron chi connectivity index (χ0n) is 23.2. The molecule has 1 fully saturated rings. The van der Waals surface area contributed by atoms with Crippen LogP contribution in [-0.2, 0) is 16.2 Å². The van der Waals surface area contributed by atoms with Crippen LogP contribution in [0.15, 0.2) is 23.8 Å². The third-order valence-electron chi connectivity index (χ3n) is 8.32. The van der Waals surface area contributed by atoms with E-state index in [2.05, 4.69) is 12.2 Å². The van der Waals surface area contributed by atoms with Crippen molar-refractivity contribution >= 4 is 11.8 Å². The van der Waals surface area contributed by atoms with Crippen molar-refractivity contribution in [3.05, 3.63) is 34.9 Å². The van der Waals surface area contributed by atoms with Crippen molar-refractivity contribution in [1.82, 2.24) is 10.2 Å². The number of hydrogen-bond acceptors (Lipinski definition) is 7. The number of ether oxygens (including phenoxy) is 2. The van der Waals surface area contributed by atoms with Crippen molar-refractivity contribution in [2.45, 2.75) is 108 Å². The number of fused-ring (bicyclic) bond motifs is 3. The number of nitrogens with one attached hydrogen (secondary N) is 1. The first kappa shape index (κ1) is 29.4. The van der Waals surface area contributed by atoms with Crippen LogP contribution in [0, 0.1) is 0 Å². The Labute approximate surface area is 231 Å². The second kappa shape index (κ2) is 13.6. The first-order chi connectivity index (χ1) is 18.9. The lowest BCUT2D eigenvalue weighted by Crippen LogP contribution is -2.58. The zero-order chi connectivity index (χ0) is 27.9. The molecule has 0 saturated heterocycles. The Bertz CT molecular complexity index is 1040. The number of amides is 2. The maximum Gasteiger partial charge on any atom is 0.247 e. The molecule has 0 bridgehead atoms. The number of carbonyl (C=O) groups is 2. The van der Waals surface area contributed by atoms with E-state index in [0.717, 1.165) is 57.8 Å². The molecule has 4 N–H and O–H groups in total.